The zero-order valence-electron chi connectivity index (χ0n) is 23.6. The number of hydrogen-bond donors (Lipinski definition) is 1. The van der Waals surface area contributed by atoms with Gasteiger partial charge in [-0.2, -0.15) is 0 Å². The number of benzene rings is 3. The van der Waals surface area contributed by atoms with Crippen LogP contribution in [0.25, 0.3) is 11.1 Å². The molecule has 4 aliphatic rings. The van der Waals surface area contributed by atoms with Crippen molar-refractivity contribution < 1.29 is 9.84 Å². The number of para-hydroxylation sites is 1. The molecule has 4 aliphatic carbocycles. The van der Waals surface area contributed by atoms with Crippen LogP contribution in [0.2, 0.25) is 19.6 Å². The molecule has 1 N–H and O–H groups in total. The summed E-state index contributed by atoms with van der Waals surface area (Å²) in [6, 6.07) is 19.2. The van der Waals surface area contributed by atoms with Crippen molar-refractivity contribution in [2.75, 3.05) is 7.11 Å². The van der Waals surface area contributed by atoms with E-state index in [2.05, 4.69) is 75.1 Å². The monoisotopic (exact) mass is 523 g/mol. The van der Waals surface area contributed by atoms with Gasteiger partial charge < -0.3 is 9.84 Å². The van der Waals surface area contributed by atoms with Crippen LogP contribution < -0.4 is 9.92 Å². The van der Waals surface area contributed by atoms with Crippen LogP contribution in [-0.2, 0) is 5.41 Å². The average Bonchev–Trinajstić information content (AvgIpc) is 2.87. The molecule has 0 atom stereocenters. The fraction of sp³-hybridized carbons (Fsp3) is 0.441. The SMILES string of the molecule is COc1ccc([Si](C)(C)C)cc1-c1ccccc1N=Cc1cc(C)cc(C23CC4CC(CC(C4)C2)C3)c1O. The molecule has 0 spiro atoms. The quantitative estimate of drug-likeness (QED) is 0.262. The van der Waals surface area contributed by atoms with Crippen LogP contribution in [0, 0.1) is 24.7 Å². The number of phenols is 1. The number of nitrogens with zero attached hydrogens (tertiary/aromatic N) is 1. The predicted octanol–water partition coefficient (Wildman–Crippen LogP) is 8.14. The summed E-state index contributed by atoms with van der Waals surface area (Å²) in [6.07, 6.45) is 9.80. The number of aryl methyl sites for hydroxylation is 1. The van der Waals surface area contributed by atoms with Crippen LogP contribution in [0.15, 0.2) is 59.6 Å². The van der Waals surface area contributed by atoms with E-state index >= 15 is 0 Å². The molecule has 38 heavy (non-hydrogen) atoms. The first-order chi connectivity index (χ1) is 18.1. The standard InChI is InChI=1S/C34H41NO2Si/c1-22-12-26(33(36)30(13-22)34-18-23-14-24(19-34)16-25(15-23)20-34)21-35-31-9-7-6-8-28(31)29-17-27(38(3,4)5)10-11-32(29)37-2/h6-13,17,21,23-25,36H,14-16,18-20H2,1-5H3. The van der Waals surface area contributed by atoms with Crippen molar-refractivity contribution >= 4 is 25.2 Å². The summed E-state index contributed by atoms with van der Waals surface area (Å²) in [5.41, 5.74) is 6.36. The summed E-state index contributed by atoms with van der Waals surface area (Å²) < 4.78 is 5.78. The van der Waals surface area contributed by atoms with E-state index in [1.807, 2.05) is 12.3 Å². The summed E-state index contributed by atoms with van der Waals surface area (Å²) in [4.78, 5) is 4.98. The molecule has 0 aliphatic heterocycles. The summed E-state index contributed by atoms with van der Waals surface area (Å²) in [5, 5.41) is 13.0. The van der Waals surface area contributed by atoms with Crippen molar-refractivity contribution in [3.63, 3.8) is 0 Å². The highest BCUT2D eigenvalue weighted by molar-refractivity contribution is 6.88. The van der Waals surface area contributed by atoms with Crippen molar-refractivity contribution in [1.82, 2.24) is 0 Å². The number of phenolic OH excluding ortho intramolecular Hbond substituents is 1. The van der Waals surface area contributed by atoms with Gasteiger partial charge in [-0.15, -0.1) is 0 Å². The molecule has 0 aromatic heterocycles. The molecular formula is C34H41NO2Si. The maximum absolute atomic E-state index is 11.6. The lowest BCUT2D eigenvalue weighted by atomic mass is 9.48. The topological polar surface area (TPSA) is 41.8 Å². The highest BCUT2D eigenvalue weighted by atomic mass is 28.3. The van der Waals surface area contributed by atoms with E-state index in [9.17, 15) is 5.11 Å². The van der Waals surface area contributed by atoms with E-state index < -0.39 is 8.07 Å². The van der Waals surface area contributed by atoms with E-state index in [-0.39, 0.29) is 5.41 Å². The average molecular weight is 524 g/mol. The highest BCUT2D eigenvalue weighted by Gasteiger charge is 2.52. The van der Waals surface area contributed by atoms with Gasteiger partial charge in [-0.05, 0) is 92.4 Å². The van der Waals surface area contributed by atoms with Gasteiger partial charge in [-0.1, -0.05) is 61.2 Å². The molecule has 4 bridgehead atoms. The second kappa shape index (κ2) is 9.41. The smallest absolute Gasteiger partial charge is 0.128 e. The number of rotatable bonds is 6. The summed E-state index contributed by atoms with van der Waals surface area (Å²) in [7, 11) is 0.233. The van der Waals surface area contributed by atoms with Crippen LogP contribution in [0.1, 0.15) is 55.2 Å². The lowest BCUT2D eigenvalue weighted by Gasteiger charge is -2.57. The first kappa shape index (κ1) is 25.4. The molecule has 7 rings (SSSR count). The molecule has 0 heterocycles. The molecule has 0 amide bonds. The van der Waals surface area contributed by atoms with Crippen molar-refractivity contribution in [2.24, 2.45) is 22.7 Å². The first-order valence-electron chi connectivity index (χ1n) is 14.3. The molecule has 4 saturated carbocycles. The largest absolute Gasteiger partial charge is 0.507 e. The van der Waals surface area contributed by atoms with E-state index in [0.29, 0.717) is 5.75 Å². The zero-order valence-corrected chi connectivity index (χ0v) is 24.6. The Morgan fingerprint density at radius 2 is 1.55 bits per heavy atom. The third kappa shape index (κ3) is 4.51. The van der Waals surface area contributed by atoms with Gasteiger partial charge in [-0.25, -0.2) is 0 Å². The van der Waals surface area contributed by atoms with Gasteiger partial charge in [0.15, 0.2) is 0 Å². The van der Waals surface area contributed by atoms with Crippen molar-refractivity contribution in [1.29, 1.82) is 0 Å². The third-order valence-corrected chi connectivity index (χ3v) is 11.5. The number of hydrogen-bond acceptors (Lipinski definition) is 3. The second-order valence-electron chi connectivity index (χ2n) is 13.4. The maximum atomic E-state index is 11.6. The van der Waals surface area contributed by atoms with E-state index in [1.54, 1.807) is 7.11 Å². The molecule has 0 saturated heterocycles. The Kier molecular flexibility index (Phi) is 6.30. The Balaban J connectivity index is 1.39. The maximum Gasteiger partial charge on any atom is 0.128 e. The Bertz CT molecular complexity index is 1360. The minimum atomic E-state index is -1.50. The van der Waals surface area contributed by atoms with Gasteiger partial charge in [-0.3, -0.25) is 4.99 Å². The zero-order chi connectivity index (χ0) is 26.7. The van der Waals surface area contributed by atoms with Crippen molar-refractivity contribution in [3.05, 3.63) is 71.3 Å². The van der Waals surface area contributed by atoms with E-state index in [1.165, 1.54) is 54.8 Å². The minimum Gasteiger partial charge on any atom is -0.507 e. The molecule has 3 aromatic rings. The summed E-state index contributed by atoms with van der Waals surface area (Å²) >= 11 is 0. The van der Waals surface area contributed by atoms with Gasteiger partial charge in [0, 0.05) is 28.5 Å². The van der Waals surface area contributed by atoms with Crippen molar-refractivity contribution in [2.45, 2.75) is 70.5 Å². The number of methoxy groups -OCH3 is 1. The normalized spacial score (nSPS) is 26.3. The highest BCUT2D eigenvalue weighted by Crippen LogP contribution is 2.62. The minimum absolute atomic E-state index is 0.149. The van der Waals surface area contributed by atoms with Gasteiger partial charge >= 0.3 is 0 Å². The van der Waals surface area contributed by atoms with Crippen LogP contribution in [0.3, 0.4) is 0 Å². The van der Waals surface area contributed by atoms with Crippen LogP contribution in [0.4, 0.5) is 5.69 Å². The number of aliphatic imine (C=N–C) groups is 1. The Hall–Kier alpha value is -2.85. The fourth-order valence-corrected chi connectivity index (χ4v) is 9.25. The van der Waals surface area contributed by atoms with Gasteiger partial charge in [0.1, 0.15) is 11.5 Å². The van der Waals surface area contributed by atoms with Crippen LogP contribution in [-0.4, -0.2) is 26.5 Å². The lowest BCUT2D eigenvalue weighted by Crippen LogP contribution is -2.48. The molecule has 198 valence electrons. The molecule has 0 unspecified atom stereocenters. The molecular weight excluding hydrogens is 482 g/mol. The predicted molar refractivity (Wildman–Crippen MR) is 161 cm³/mol. The molecule has 3 nitrogen and oxygen atoms in total. The number of aromatic hydroxyl groups is 1. The van der Waals surface area contributed by atoms with Crippen molar-refractivity contribution in [3.8, 4) is 22.6 Å². The van der Waals surface area contributed by atoms with E-state index in [4.69, 9.17) is 9.73 Å². The third-order valence-electron chi connectivity index (χ3n) is 9.50. The van der Waals surface area contributed by atoms with Gasteiger partial charge in [0.05, 0.1) is 20.9 Å². The lowest BCUT2D eigenvalue weighted by molar-refractivity contribution is -0.00616. The molecule has 4 fully saturated rings. The molecule has 0 radical (unpaired) electrons. The Morgan fingerprint density at radius 3 is 2.18 bits per heavy atom. The van der Waals surface area contributed by atoms with Gasteiger partial charge in [0.25, 0.3) is 0 Å². The second-order valence-corrected chi connectivity index (χ2v) is 18.5. The van der Waals surface area contributed by atoms with Gasteiger partial charge in [0.2, 0.25) is 0 Å². The van der Waals surface area contributed by atoms with Crippen LogP contribution in [0.5, 0.6) is 11.5 Å². The Labute approximate surface area is 229 Å². The fourth-order valence-electron chi connectivity index (χ4n) is 8.09. The van der Waals surface area contributed by atoms with Crippen LogP contribution >= 0.6 is 0 Å². The first-order valence-corrected chi connectivity index (χ1v) is 17.8. The summed E-state index contributed by atoms with van der Waals surface area (Å²) in [5.74, 6) is 3.82. The van der Waals surface area contributed by atoms with E-state index in [0.717, 1.165) is 45.9 Å². The summed E-state index contributed by atoms with van der Waals surface area (Å²) in [6.45, 7) is 9.25. The molecule has 4 heteroatoms. The molecule has 3 aromatic carbocycles. The number of ether oxygens (including phenoxy) is 1. The Morgan fingerprint density at radius 1 is 0.895 bits per heavy atom.